The maximum atomic E-state index is 13.6. The Labute approximate surface area is 224 Å². The van der Waals surface area contributed by atoms with E-state index in [2.05, 4.69) is 5.32 Å². The number of carboxylic acids is 1. The molecule has 0 aliphatic heterocycles. The second-order valence-electron chi connectivity index (χ2n) is 8.30. The molecule has 0 spiro atoms. The van der Waals surface area contributed by atoms with E-state index < -0.39 is 22.0 Å². The van der Waals surface area contributed by atoms with Gasteiger partial charge >= 0.3 is 5.97 Å². The lowest BCUT2D eigenvalue weighted by atomic mass is 10.0. The molecule has 4 aromatic carbocycles. The molecule has 0 aliphatic carbocycles. The summed E-state index contributed by atoms with van der Waals surface area (Å²) in [6.45, 7) is 1.61. The van der Waals surface area contributed by atoms with E-state index in [-0.39, 0.29) is 26.5 Å². The number of nitrogens with one attached hydrogen (secondary N) is 1. The molecule has 1 atom stereocenters. The van der Waals surface area contributed by atoms with E-state index in [4.69, 9.17) is 23.2 Å². The standard InChI is InChI=1S/C27H22Cl2N2O5S/c1-17(27(33)34)31(37(35,36)23-14-20(28)13-21(29)15-23)22-10-11-24-19(12-22)8-5-9-25(24)26(32)30-16-18-6-3-2-4-7-18/h2-15,17H,16H2,1H3,(H,30,32)(H,33,34). The van der Waals surface area contributed by atoms with Crippen LogP contribution in [0, 0.1) is 0 Å². The highest BCUT2D eigenvalue weighted by Gasteiger charge is 2.34. The molecular weight excluding hydrogens is 535 g/mol. The number of carboxylic acid groups (broad SMARTS) is 1. The fraction of sp³-hybridized carbons (Fsp3) is 0.111. The van der Waals surface area contributed by atoms with Gasteiger partial charge in [0.25, 0.3) is 15.9 Å². The van der Waals surface area contributed by atoms with Gasteiger partial charge in [-0.25, -0.2) is 13.2 Å². The normalized spacial score (nSPS) is 12.2. The lowest BCUT2D eigenvalue weighted by Gasteiger charge is -2.28. The zero-order chi connectivity index (χ0) is 26.7. The number of fused-ring (bicyclic) bond motifs is 1. The summed E-state index contributed by atoms with van der Waals surface area (Å²) < 4.78 is 28.0. The van der Waals surface area contributed by atoms with Crippen LogP contribution in [0.15, 0.2) is 89.8 Å². The molecule has 190 valence electrons. The van der Waals surface area contributed by atoms with Crippen LogP contribution < -0.4 is 9.62 Å². The Morgan fingerprint density at radius 3 is 2.24 bits per heavy atom. The van der Waals surface area contributed by atoms with E-state index in [0.717, 1.165) is 9.87 Å². The number of nitrogens with zero attached hydrogens (tertiary/aromatic N) is 1. The van der Waals surface area contributed by atoms with Crippen molar-refractivity contribution in [1.82, 2.24) is 5.32 Å². The highest BCUT2D eigenvalue weighted by Crippen LogP contribution is 2.32. The number of halogens is 2. The summed E-state index contributed by atoms with van der Waals surface area (Å²) in [6, 6.07) is 21.5. The van der Waals surface area contributed by atoms with Crippen LogP contribution in [0.25, 0.3) is 10.8 Å². The predicted molar refractivity (Wildman–Crippen MR) is 145 cm³/mol. The van der Waals surface area contributed by atoms with Crippen molar-refractivity contribution in [2.24, 2.45) is 0 Å². The minimum Gasteiger partial charge on any atom is -0.480 e. The third-order valence-electron chi connectivity index (χ3n) is 5.76. The summed E-state index contributed by atoms with van der Waals surface area (Å²) in [4.78, 5) is 24.6. The van der Waals surface area contributed by atoms with E-state index in [1.54, 1.807) is 24.3 Å². The fourth-order valence-corrected chi connectivity index (χ4v) is 6.27. The molecule has 0 saturated heterocycles. The highest BCUT2D eigenvalue weighted by atomic mass is 35.5. The molecule has 37 heavy (non-hydrogen) atoms. The van der Waals surface area contributed by atoms with E-state index in [1.807, 2.05) is 30.3 Å². The molecule has 2 N–H and O–H groups in total. The van der Waals surface area contributed by atoms with E-state index in [1.165, 1.54) is 37.3 Å². The number of carbonyl (C=O) groups excluding carboxylic acids is 1. The second kappa shape index (κ2) is 10.8. The van der Waals surface area contributed by atoms with Crippen LogP contribution in [-0.2, 0) is 21.4 Å². The largest absolute Gasteiger partial charge is 0.480 e. The van der Waals surface area contributed by atoms with Gasteiger partial charge in [-0.3, -0.25) is 9.10 Å². The van der Waals surface area contributed by atoms with Crippen LogP contribution in [0.5, 0.6) is 0 Å². The molecule has 0 aromatic heterocycles. The van der Waals surface area contributed by atoms with Crippen molar-refractivity contribution in [2.75, 3.05) is 4.31 Å². The van der Waals surface area contributed by atoms with Gasteiger partial charge in [0.2, 0.25) is 0 Å². The molecule has 10 heteroatoms. The molecule has 0 radical (unpaired) electrons. The van der Waals surface area contributed by atoms with Gasteiger partial charge in [0.15, 0.2) is 0 Å². The van der Waals surface area contributed by atoms with Gasteiger partial charge in [0.1, 0.15) is 6.04 Å². The summed E-state index contributed by atoms with van der Waals surface area (Å²) in [7, 11) is -4.37. The van der Waals surface area contributed by atoms with E-state index >= 15 is 0 Å². The number of hydrogen-bond donors (Lipinski definition) is 2. The Morgan fingerprint density at radius 2 is 1.59 bits per heavy atom. The van der Waals surface area contributed by atoms with E-state index in [9.17, 15) is 23.1 Å². The van der Waals surface area contributed by atoms with Gasteiger partial charge < -0.3 is 10.4 Å². The second-order valence-corrected chi connectivity index (χ2v) is 11.0. The lowest BCUT2D eigenvalue weighted by Crippen LogP contribution is -2.43. The molecule has 0 bridgehead atoms. The molecule has 1 amide bonds. The summed E-state index contributed by atoms with van der Waals surface area (Å²) in [6.07, 6.45) is 0. The number of carbonyl (C=O) groups is 2. The number of amides is 1. The number of aliphatic carboxylic acids is 1. The average Bonchev–Trinajstić information content (AvgIpc) is 2.86. The molecule has 0 heterocycles. The summed E-state index contributed by atoms with van der Waals surface area (Å²) >= 11 is 12.0. The average molecular weight is 557 g/mol. The number of rotatable bonds is 8. The van der Waals surface area contributed by atoms with Crippen molar-refractivity contribution in [3.8, 4) is 0 Å². The van der Waals surface area contributed by atoms with Crippen molar-refractivity contribution in [2.45, 2.75) is 24.4 Å². The van der Waals surface area contributed by atoms with Crippen molar-refractivity contribution in [3.63, 3.8) is 0 Å². The molecule has 4 rings (SSSR count). The third kappa shape index (κ3) is 5.72. The van der Waals surface area contributed by atoms with Crippen molar-refractivity contribution >= 4 is 61.6 Å². The summed E-state index contributed by atoms with van der Waals surface area (Å²) in [5, 5.41) is 13.9. The van der Waals surface area contributed by atoms with E-state index in [0.29, 0.717) is 22.9 Å². The molecule has 1 unspecified atom stereocenters. The first-order valence-corrected chi connectivity index (χ1v) is 13.4. The maximum absolute atomic E-state index is 13.6. The Morgan fingerprint density at radius 1 is 0.919 bits per heavy atom. The first-order chi connectivity index (χ1) is 17.6. The molecule has 4 aromatic rings. The summed E-state index contributed by atoms with van der Waals surface area (Å²) in [5.41, 5.74) is 1.46. The molecule has 0 saturated carbocycles. The SMILES string of the molecule is CC(C(=O)O)N(c1ccc2c(C(=O)NCc3ccccc3)cccc2c1)S(=O)(=O)c1cc(Cl)cc(Cl)c1. The fourth-order valence-electron chi connectivity index (χ4n) is 3.94. The molecule has 0 aliphatic rings. The minimum absolute atomic E-state index is 0.0960. The minimum atomic E-state index is -4.37. The first kappa shape index (κ1) is 26.5. The van der Waals surface area contributed by atoms with Crippen LogP contribution in [0.1, 0.15) is 22.8 Å². The van der Waals surface area contributed by atoms with Crippen LogP contribution in [-0.4, -0.2) is 31.4 Å². The number of sulfonamides is 1. The van der Waals surface area contributed by atoms with Gasteiger partial charge in [-0.1, -0.05) is 71.7 Å². The number of hydrogen-bond acceptors (Lipinski definition) is 4. The van der Waals surface area contributed by atoms with Crippen LogP contribution >= 0.6 is 23.2 Å². The third-order valence-corrected chi connectivity index (χ3v) is 8.07. The Balaban J connectivity index is 1.74. The monoisotopic (exact) mass is 556 g/mol. The van der Waals surface area contributed by atoms with Gasteiger partial charge in [-0.2, -0.15) is 0 Å². The van der Waals surface area contributed by atoms with Crippen LogP contribution in [0.3, 0.4) is 0 Å². The predicted octanol–water partition coefficient (Wildman–Crippen LogP) is 5.75. The Bertz CT molecular complexity index is 1570. The summed E-state index contributed by atoms with van der Waals surface area (Å²) in [5.74, 6) is -1.63. The molecule has 0 fully saturated rings. The van der Waals surface area contributed by atoms with Crippen LogP contribution in [0.2, 0.25) is 10.0 Å². The van der Waals surface area contributed by atoms with Gasteiger partial charge in [-0.15, -0.1) is 0 Å². The molecule has 7 nitrogen and oxygen atoms in total. The smallest absolute Gasteiger partial charge is 0.327 e. The Kier molecular flexibility index (Phi) is 7.73. The van der Waals surface area contributed by atoms with Crippen molar-refractivity contribution in [3.05, 3.63) is 106 Å². The van der Waals surface area contributed by atoms with Crippen LogP contribution in [0.4, 0.5) is 5.69 Å². The zero-order valence-corrected chi connectivity index (χ0v) is 21.9. The number of benzene rings is 4. The van der Waals surface area contributed by atoms with Gasteiger partial charge in [0, 0.05) is 22.2 Å². The topological polar surface area (TPSA) is 104 Å². The lowest BCUT2D eigenvalue weighted by molar-refractivity contribution is -0.137. The van der Waals surface area contributed by atoms with Crippen molar-refractivity contribution in [1.29, 1.82) is 0 Å². The highest BCUT2D eigenvalue weighted by molar-refractivity contribution is 7.93. The van der Waals surface area contributed by atoms with Crippen molar-refractivity contribution < 1.29 is 23.1 Å². The first-order valence-electron chi connectivity index (χ1n) is 11.2. The van der Waals surface area contributed by atoms with Gasteiger partial charge in [0.05, 0.1) is 10.6 Å². The zero-order valence-electron chi connectivity index (χ0n) is 19.6. The number of anilines is 1. The van der Waals surface area contributed by atoms with Gasteiger partial charge in [-0.05, 0) is 59.7 Å². The Hall–Kier alpha value is -3.59. The molecular formula is C27H22Cl2N2O5S. The maximum Gasteiger partial charge on any atom is 0.327 e. The quantitative estimate of drug-likeness (QED) is 0.287.